The third-order valence-electron chi connectivity index (χ3n) is 3.08. The number of thiophene rings is 1. The highest BCUT2D eigenvalue weighted by Crippen LogP contribution is 2.38. The van der Waals surface area contributed by atoms with Crippen molar-refractivity contribution in [1.82, 2.24) is 4.90 Å². The molecule has 108 valence electrons. The minimum Gasteiger partial charge on any atom is -0.467 e. The number of furan rings is 1. The normalized spacial score (nSPS) is 15.4. The highest BCUT2D eigenvalue weighted by Gasteiger charge is 2.39. The molecule has 6 heteroatoms. The highest BCUT2D eigenvalue weighted by molar-refractivity contribution is 8.04. The van der Waals surface area contributed by atoms with Crippen molar-refractivity contribution < 1.29 is 14.0 Å². The number of nitrogens with zero attached hydrogens (tertiary/aromatic N) is 1. The molecule has 0 fully saturated rings. The number of hydrogen-bond acceptors (Lipinski definition) is 5. The lowest BCUT2D eigenvalue weighted by Crippen LogP contribution is -2.30. The van der Waals surface area contributed by atoms with Gasteiger partial charge in [-0.25, -0.2) is 0 Å². The summed E-state index contributed by atoms with van der Waals surface area (Å²) in [5.41, 5.74) is 0.522. The number of carbonyl (C=O) groups is 2. The molecule has 2 aromatic heterocycles. The van der Waals surface area contributed by atoms with Gasteiger partial charge in [0.2, 0.25) is 0 Å². The third-order valence-corrected chi connectivity index (χ3v) is 4.92. The van der Waals surface area contributed by atoms with Crippen molar-refractivity contribution >= 4 is 40.5 Å². The Balaban J connectivity index is 1.95. The summed E-state index contributed by atoms with van der Waals surface area (Å²) in [6, 6.07) is 7.26. The second kappa shape index (κ2) is 5.91. The van der Waals surface area contributed by atoms with Gasteiger partial charge in [-0.3, -0.25) is 14.5 Å². The molecule has 4 nitrogen and oxygen atoms in total. The van der Waals surface area contributed by atoms with E-state index in [1.54, 1.807) is 12.1 Å². The number of amides is 2. The van der Waals surface area contributed by atoms with Crippen LogP contribution in [0.15, 0.2) is 45.2 Å². The lowest BCUT2D eigenvalue weighted by Gasteiger charge is -2.12. The molecule has 3 rings (SSSR count). The molecular weight excluding hydrogens is 306 g/mol. The van der Waals surface area contributed by atoms with Crippen molar-refractivity contribution in [2.45, 2.75) is 13.5 Å². The van der Waals surface area contributed by atoms with Gasteiger partial charge in [0.05, 0.1) is 23.3 Å². The van der Waals surface area contributed by atoms with Crippen LogP contribution in [0.25, 0.3) is 5.57 Å². The summed E-state index contributed by atoms with van der Waals surface area (Å²) in [6.45, 7) is 2.14. The second-order valence-corrected chi connectivity index (χ2v) is 6.61. The molecule has 0 saturated carbocycles. The number of carbonyl (C=O) groups excluding carboxylic acids is 2. The number of hydrogen-bond donors (Lipinski definition) is 0. The summed E-state index contributed by atoms with van der Waals surface area (Å²) in [6.07, 6.45) is 1.54. The maximum atomic E-state index is 12.6. The summed E-state index contributed by atoms with van der Waals surface area (Å²) in [4.78, 5) is 27.8. The average Bonchev–Trinajstić information content (AvgIpc) is 3.19. The first-order valence-electron chi connectivity index (χ1n) is 6.52. The van der Waals surface area contributed by atoms with E-state index >= 15 is 0 Å². The summed E-state index contributed by atoms with van der Waals surface area (Å²) in [5, 5.41) is 1.91. The molecule has 1 aliphatic heterocycles. The topological polar surface area (TPSA) is 50.5 Å². The summed E-state index contributed by atoms with van der Waals surface area (Å²) >= 11 is 2.89. The van der Waals surface area contributed by atoms with Gasteiger partial charge in [0, 0.05) is 4.88 Å². The van der Waals surface area contributed by atoms with Gasteiger partial charge >= 0.3 is 0 Å². The smallest absolute Gasteiger partial charge is 0.268 e. The van der Waals surface area contributed by atoms with Gasteiger partial charge in [0.15, 0.2) is 0 Å². The fraction of sp³-hybridized carbons (Fsp3) is 0.200. The Hall–Kier alpha value is -1.79. The Morgan fingerprint density at radius 1 is 1.24 bits per heavy atom. The van der Waals surface area contributed by atoms with Gasteiger partial charge in [-0.15, -0.1) is 23.1 Å². The van der Waals surface area contributed by atoms with E-state index in [9.17, 15) is 9.59 Å². The fourth-order valence-electron chi connectivity index (χ4n) is 2.17. The molecule has 2 aromatic rings. The van der Waals surface area contributed by atoms with Crippen molar-refractivity contribution in [3.63, 3.8) is 0 Å². The van der Waals surface area contributed by atoms with Crippen LogP contribution in [0.1, 0.15) is 17.6 Å². The van der Waals surface area contributed by atoms with Crippen LogP contribution >= 0.6 is 23.1 Å². The maximum absolute atomic E-state index is 12.6. The van der Waals surface area contributed by atoms with Crippen LogP contribution in [-0.2, 0) is 16.1 Å². The summed E-state index contributed by atoms with van der Waals surface area (Å²) in [7, 11) is 0. The van der Waals surface area contributed by atoms with Gasteiger partial charge in [0.1, 0.15) is 5.76 Å². The lowest BCUT2D eigenvalue weighted by atomic mass is 10.2. The van der Waals surface area contributed by atoms with E-state index in [1.807, 2.05) is 24.4 Å². The first kappa shape index (κ1) is 14.2. The van der Waals surface area contributed by atoms with E-state index in [2.05, 4.69) is 0 Å². The molecule has 0 N–H and O–H groups in total. The van der Waals surface area contributed by atoms with Crippen LogP contribution in [0.4, 0.5) is 0 Å². The molecule has 0 bridgehead atoms. The minimum atomic E-state index is -0.241. The predicted molar refractivity (Wildman–Crippen MR) is 83.6 cm³/mol. The monoisotopic (exact) mass is 319 g/mol. The number of thioether (sulfide) groups is 1. The van der Waals surface area contributed by atoms with Crippen LogP contribution < -0.4 is 0 Å². The standard InChI is InChI=1S/C15H13NO3S2/c1-2-20-13-12(11-6-4-8-21-11)14(17)16(15(13)18)9-10-5-3-7-19-10/h3-8H,2,9H2,1H3. The molecule has 1 aliphatic rings. The Bertz CT molecular complexity index is 687. The van der Waals surface area contributed by atoms with E-state index in [1.165, 1.54) is 34.3 Å². The number of rotatable bonds is 5. The first-order valence-corrected chi connectivity index (χ1v) is 8.38. The first-order chi connectivity index (χ1) is 10.2. The van der Waals surface area contributed by atoms with Crippen LogP contribution in [0.3, 0.4) is 0 Å². The average molecular weight is 319 g/mol. The molecule has 0 aromatic carbocycles. The SMILES string of the molecule is CCSC1=C(c2cccs2)C(=O)N(Cc2ccco2)C1=O. The van der Waals surface area contributed by atoms with E-state index in [0.29, 0.717) is 16.2 Å². The van der Waals surface area contributed by atoms with Crippen molar-refractivity contribution in [3.05, 3.63) is 51.5 Å². The van der Waals surface area contributed by atoms with E-state index in [0.717, 1.165) is 10.6 Å². The van der Waals surface area contributed by atoms with Gasteiger partial charge < -0.3 is 4.42 Å². The van der Waals surface area contributed by atoms with Gasteiger partial charge in [-0.2, -0.15) is 0 Å². The summed E-state index contributed by atoms with van der Waals surface area (Å²) in [5.74, 6) is 0.879. The fourth-order valence-corrected chi connectivity index (χ4v) is 3.87. The molecule has 0 radical (unpaired) electrons. The molecule has 0 atom stereocenters. The molecule has 0 spiro atoms. The van der Waals surface area contributed by atoms with E-state index < -0.39 is 0 Å². The second-order valence-electron chi connectivity index (χ2n) is 4.39. The molecule has 21 heavy (non-hydrogen) atoms. The van der Waals surface area contributed by atoms with E-state index in [4.69, 9.17) is 4.42 Å². The molecule has 3 heterocycles. The van der Waals surface area contributed by atoms with Crippen molar-refractivity contribution in [2.75, 3.05) is 5.75 Å². The number of imide groups is 1. The zero-order valence-electron chi connectivity index (χ0n) is 11.4. The van der Waals surface area contributed by atoms with Crippen LogP contribution in [0.5, 0.6) is 0 Å². The van der Waals surface area contributed by atoms with Crippen LogP contribution in [0, 0.1) is 0 Å². The quantitative estimate of drug-likeness (QED) is 0.793. The molecule has 0 saturated heterocycles. The van der Waals surface area contributed by atoms with Gasteiger partial charge in [-0.1, -0.05) is 13.0 Å². The highest BCUT2D eigenvalue weighted by atomic mass is 32.2. The zero-order chi connectivity index (χ0) is 14.8. The maximum Gasteiger partial charge on any atom is 0.268 e. The lowest BCUT2D eigenvalue weighted by molar-refractivity contribution is -0.137. The van der Waals surface area contributed by atoms with Crippen molar-refractivity contribution in [2.24, 2.45) is 0 Å². The van der Waals surface area contributed by atoms with Gasteiger partial charge in [0.25, 0.3) is 11.8 Å². The van der Waals surface area contributed by atoms with Crippen LogP contribution in [0.2, 0.25) is 0 Å². The Labute approximate surface area is 130 Å². The minimum absolute atomic E-state index is 0.174. The summed E-state index contributed by atoms with van der Waals surface area (Å²) < 4.78 is 5.24. The Morgan fingerprint density at radius 2 is 2.10 bits per heavy atom. The van der Waals surface area contributed by atoms with Crippen LogP contribution in [-0.4, -0.2) is 22.5 Å². The largest absolute Gasteiger partial charge is 0.467 e. The third kappa shape index (κ3) is 2.56. The molecule has 2 amide bonds. The van der Waals surface area contributed by atoms with E-state index in [-0.39, 0.29) is 18.4 Å². The molecule has 0 unspecified atom stereocenters. The van der Waals surface area contributed by atoms with Crippen molar-refractivity contribution in [1.29, 1.82) is 0 Å². The molecule has 0 aliphatic carbocycles. The Morgan fingerprint density at radius 3 is 2.71 bits per heavy atom. The zero-order valence-corrected chi connectivity index (χ0v) is 13.0. The van der Waals surface area contributed by atoms with Crippen molar-refractivity contribution in [3.8, 4) is 0 Å². The predicted octanol–water partition coefficient (Wildman–Crippen LogP) is 3.37. The Kier molecular flexibility index (Phi) is 3.98. The van der Waals surface area contributed by atoms with Gasteiger partial charge in [-0.05, 0) is 29.3 Å². The molecular formula is C15H13NO3S2.